The second-order valence-corrected chi connectivity index (χ2v) is 8.55. The number of anilines is 1. The number of nitrogens with zero attached hydrogens (tertiary/aromatic N) is 3. The Morgan fingerprint density at radius 1 is 1.00 bits per heavy atom. The van der Waals surface area contributed by atoms with E-state index >= 15 is 0 Å². The highest BCUT2D eigenvalue weighted by Gasteiger charge is 2.16. The summed E-state index contributed by atoms with van der Waals surface area (Å²) in [5.41, 5.74) is 6.58. The predicted molar refractivity (Wildman–Crippen MR) is 120 cm³/mol. The lowest BCUT2D eigenvalue weighted by molar-refractivity contribution is 0.185. The number of nitrogens with one attached hydrogen (secondary N) is 1. The standard InChI is InChI=1S/C25H31FN4/c1-18-12-14-29(15-13-18)17-21-4-8-23(9-5-21)27-16-25-19(2)28-30(20(25)3)24-10-6-22(26)7-11-24/h4-11,18,27H,12-17H2,1-3H3. The molecule has 1 aromatic heterocycles. The molecule has 0 bridgehead atoms. The molecule has 4 nitrogen and oxygen atoms in total. The van der Waals surface area contributed by atoms with Crippen molar-refractivity contribution in [2.75, 3.05) is 18.4 Å². The van der Waals surface area contributed by atoms with Gasteiger partial charge in [0.15, 0.2) is 0 Å². The Bertz CT molecular complexity index is 968. The van der Waals surface area contributed by atoms with E-state index in [1.54, 1.807) is 12.1 Å². The molecular formula is C25H31FN4. The minimum Gasteiger partial charge on any atom is -0.381 e. The molecule has 0 radical (unpaired) electrons. The summed E-state index contributed by atoms with van der Waals surface area (Å²) in [6.45, 7) is 10.6. The Labute approximate surface area is 178 Å². The molecule has 1 aliphatic heterocycles. The first-order chi connectivity index (χ1) is 14.5. The van der Waals surface area contributed by atoms with Crippen LogP contribution in [0.2, 0.25) is 0 Å². The minimum absolute atomic E-state index is 0.236. The second kappa shape index (κ2) is 9.00. The van der Waals surface area contributed by atoms with Gasteiger partial charge in [0, 0.05) is 30.0 Å². The van der Waals surface area contributed by atoms with E-state index in [1.165, 1.54) is 49.2 Å². The van der Waals surface area contributed by atoms with Crippen LogP contribution in [-0.2, 0) is 13.1 Å². The highest BCUT2D eigenvalue weighted by molar-refractivity contribution is 5.46. The van der Waals surface area contributed by atoms with Crippen LogP contribution in [0.1, 0.15) is 42.3 Å². The lowest BCUT2D eigenvalue weighted by Gasteiger charge is -2.30. The average molecular weight is 407 g/mol. The molecule has 0 unspecified atom stereocenters. The highest BCUT2D eigenvalue weighted by Crippen LogP contribution is 2.21. The Morgan fingerprint density at radius 3 is 2.33 bits per heavy atom. The van der Waals surface area contributed by atoms with Crippen LogP contribution >= 0.6 is 0 Å². The number of aromatic nitrogens is 2. The summed E-state index contributed by atoms with van der Waals surface area (Å²) < 4.78 is 15.1. The molecule has 4 rings (SSSR count). The van der Waals surface area contributed by atoms with E-state index < -0.39 is 0 Å². The monoisotopic (exact) mass is 406 g/mol. The first-order valence-corrected chi connectivity index (χ1v) is 10.9. The third-order valence-corrected chi connectivity index (χ3v) is 6.22. The van der Waals surface area contributed by atoms with Gasteiger partial charge in [0.2, 0.25) is 0 Å². The maximum Gasteiger partial charge on any atom is 0.123 e. The van der Waals surface area contributed by atoms with Crippen molar-refractivity contribution in [3.63, 3.8) is 0 Å². The minimum atomic E-state index is -0.236. The zero-order valence-electron chi connectivity index (χ0n) is 18.2. The normalized spacial score (nSPS) is 15.5. The van der Waals surface area contributed by atoms with Gasteiger partial charge in [-0.1, -0.05) is 19.1 Å². The van der Waals surface area contributed by atoms with Gasteiger partial charge >= 0.3 is 0 Å². The summed E-state index contributed by atoms with van der Waals surface area (Å²) in [6.07, 6.45) is 2.62. The van der Waals surface area contributed by atoms with Gasteiger partial charge in [-0.2, -0.15) is 5.10 Å². The summed E-state index contributed by atoms with van der Waals surface area (Å²) in [5.74, 6) is 0.632. The molecule has 0 aliphatic carbocycles. The molecule has 2 heterocycles. The molecule has 0 atom stereocenters. The summed E-state index contributed by atoms with van der Waals surface area (Å²) in [5, 5.41) is 8.18. The van der Waals surface area contributed by atoms with Gasteiger partial charge in [0.25, 0.3) is 0 Å². The third kappa shape index (κ3) is 4.73. The van der Waals surface area contributed by atoms with Crippen LogP contribution in [-0.4, -0.2) is 27.8 Å². The SMILES string of the molecule is Cc1nn(-c2ccc(F)cc2)c(C)c1CNc1ccc(CN2CCC(C)CC2)cc1. The Balaban J connectivity index is 1.38. The van der Waals surface area contributed by atoms with Crippen LogP contribution in [0, 0.1) is 25.6 Å². The fraction of sp³-hybridized carbons (Fsp3) is 0.400. The van der Waals surface area contributed by atoms with Crippen molar-refractivity contribution in [3.05, 3.63) is 76.9 Å². The van der Waals surface area contributed by atoms with Gasteiger partial charge in [0.05, 0.1) is 11.4 Å². The summed E-state index contributed by atoms with van der Waals surface area (Å²) in [7, 11) is 0. The molecule has 2 aromatic carbocycles. The van der Waals surface area contributed by atoms with Crippen molar-refractivity contribution in [2.24, 2.45) is 5.92 Å². The van der Waals surface area contributed by atoms with E-state index in [4.69, 9.17) is 0 Å². The molecule has 1 aliphatic rings. The molecule has 1 saturated heterocycles. The highest BCUT2D eigenvalue weighted by atomic mass is 19.1. The molecule has 1 N–H and O–H groups in total. The van der Waals surface area contributed by atoms with E-state index in [2.05, 4.69) is 53.4 Å². The van der Waals surface area contributed by atoms with Gasteiger partial charge in [-0.3, -0.25) is 4.90 Å². The molecule has 0 saturated carbocycles. The lowest BCUT2D eigenvalue weighted by atomic mass is 9.99. The number of likely N-dealkylation sites (tertiary alicyclic amines) is 1. The number of benzene rings is 2. The smallest absolute Gasteiger partial charge is 0.123 e. The molecular weight excluding hydrogens is 375 g/mol. The Kier molecular flexibility index (Phi) is 6.18. The van der Waals surface area contributed by atoms with E-state index in [1.807, 2.05) is 11.6 Å². The molecule has 0 amide bonds. The molecule has 158 valence electrons. The van der Waals surface area contributed by atoms with Crippen LogP contribution < -0.4 is 5.32 Å². The Hall–Kier alpha value is -2.66. The van der Waals surface area contributed by atoms with Crippen LogP contribution in [0.4, 0.5) is 10.1 Å². The fourth-order valence-electron chi connectivity index (χ4n) is 4.16. The van der Waals surface area contributed by atoms with Crippen molar-refractivity contribution >= 4 is 5.69 Å². The molecule has 1 fully saturated rings. The van der Waals surface area contributed by atoms with Crippen LogP contribution in [0.5, 0.6) is 0 Å². The largest absolute Gasteiger partial charge is 0.381 e. The first-order valence-electron chi connectivity index (χ1n) is 10.9. The van der Waals surface area contributed by atoms with Gasteiger partial charge in [-0.25, -0.2) is 9.07 Å². The molecule has 3 aromatic rings. The maximum atomic E-state index is 13.2. The van der Waals surface area contributed by atoms with Crippen molar-refractivity contribution in [1.29, 1.82) is 0 Å². The first kappa shape index (κ1) is 20.6. The maximum absolute atomic E-state index is 13.2. The van der Waals surface area contributed by atoms with E-state index in [-0.39, 0.29) is 5.82 Å². The molecule has 0 spiro atoms. The summed E-state index contributed by atoms with van der Waals surface area (Å²) in [6, 6.07) is 15.2. The van der Waals surface area contributed by atoms with E-state index in [9.17, 15) is 4.39 Å². The second-order valence-electron chi connectivity index (χ2n) is 8.55. The van der Waals surface area contributed by atoms with Crippen LogP contribution in [0.15, 0.2) is 48.5 Å². The van der Waals surface area contributed by atoms with Gasteiger partial charge in [0.1, 0.15) is 5.82 Å². The van der Waals surface area contributed by atoms with Gasteiger partial charge in [-0.15, -0.1) is 0 Å². The number of halogens is 1. The lowest BCUT2D eigenvalue weighted by Crippen LogP contribution is -2.32. The molecule has 30 heavy (non-hydrogen) atoms. The van der Waals surface area contributed by atoms with E-state index in [0.717, 1.165) is 35.2 Å². The van der Waals surface area contributed by atoms with Gasteiger partial charge < -0.3 is 5.32 Å². The zero-order chi connectivity index (χ0) is 21.1. The Morgan fingerprint density at radius 2 is 1.67 bits per heavy atom. The number of aryl methyl sites for hydroxylation is 1. The van der Waals surface area contributed by atoms with Crippen molar-refractivity contribution in [1.82, 2.24) is 14.7 Å². The van der Waals surface area contributed by atoms with E-state index in [0.29, 0.717) is 6.54 Å². The zero-order valence-corrected chi connectivity index (χ0v) is 18.2. The average Bonchev–Trinajstić information content (AvgIpc) is 3.03. The number of rotatable bonds is 6. The summed E-state index contributed by atoms with van der Waals surface area (Å²) in [4.78, 5) is 2.55. The van der Waals surface area contributed by atoms with Crippen molar-refractivity contribution in [3.8, 4) is 5.69 Å². The number of hydrogen-bond acceptors (Lipinski definition) is 3. The predicted octanol–water partition coefficient (Wildman–Crippen LogP) is 5.47. The van der Waals surface area contributed by atoms with Crippen LogP contribution in [0.3, 0.4) is 0 Å². The van der Waals surface area contributed by atoms with Crippen molar-refractivity contribution < 1.29 is 4.39 Å². The quantitative estimate of drug-likeness (QED) is 0.589. The fourth-order valence-corrected chi connectivity index (χ4v) is 4.16. The number of piperidine rings is 1. The van der Waals surface area contributed by atoms with Crippen molar-refractivity contribution in [2.45, 2.75) is 46.7 Å². The molecule has 5 heteroatoms. The number of hydrogen-bond donors (Lipinski definition) is 1. The van der Waals surface area contributed by atoms with Crippen LogP contribution in [0.25, 0.3) is 5.69 Å². The summed E-state index contributed by atoms with van der Waals surface area (Å²) >= 11 is 0. The third-order valence-electron chi connectivity index (χ3n) is 6.22. The van der Waals surface area contributed by atoms with Gasteiger partial charge in [-0.05, 0) is 87.7 Å². The topological polar surface area (TPSA) is 33.1 Å².